The lowest BCUT2D eigenvalue weighted by Gasteiger charge is -2.20. The highest BCUT2D eigenvalue weighted by Crippen LogP contribution is 2.26. The van der Waals surface area contributed by atoms with E-state index in [0.717, 1.165) is 0 Å². The van der Waals surface area contributed by atoms with Crippen LogP contribution in [0.3, 0.4) is 0 Å². The molecule has 1 rings (SSSR count). The number of carbonyl (C=O) groups is 2. The lowest BCUT2D eigenvalue weighted by molar-refractivity contribution is -0.119. The molecule has 5 N–H and O–H groups in total. The number of anilines is 1. The molecule has 22 heavy (non-hydrogen) atoms. The van der Waals surface area contributed by atoms with E-state index >= 15 is 0 Å². The van der Waals surface area contributed by atoms with Crippen molar-refractivity contribution >= 4 is 17.6 Å². The van der Waals surface area contributed by atoms with Crippen LogP contribution in [0.15, 0.2) is 18.2 Å². The average molecular weight is 310 g/mol. The summed E-state index contributed by atoms with van der Waals surface area (Å²) >= 11 is 0. The Labute approximate surface area is 129 Å². The van der Waals surface area contributed by atoms with Crippen molar-refractivity contribution in [1.82, 2.24) is 5.32 Å². The number of rotatable bonds is 7. The van der Waals surface area contributed by atoms with E-state index in [2.05, 4.69) is 5.32 Å². The Morgan fingerprint density at radius 3 is 2.64 bits per heavy atom. The van der Waals surface area contributed by atoms with Crippen LogP contribution in [0.4, 0.5) is 5.69 Å². The number of ether oxygens (including phenoxy) is 1. The first kappa shape index (κ1) is 17.9. The van der Waals surface area contributed by atoms with Crippen molar-refractivity contribution in [2.45, 2.75) is 32.5 Å². The molecule has 0 aliphatic rings. The SMILES string of the molecule is CCOC(=O)c1ccc(N)c(C(O)C(O)CCNC(C)=O)c1. The molecule has 2 unspecified atom stereocenters. The molecule has 7 heteroatoms. The Bertz CT molecular complexity index is 533. The Morgan fingerprint density at radius 2 is 2.05 bits per heavy atom. The van der Waals surface area contributed by atoms with Crippen LogP contribution in [0.5, 0.6) is 0 Å². The van der Waals surface area contributed by atoms with E-state index in [4.69, 9.17) is 10.5 Å². The van der Waals surface area contributed by atoms with Gasteiger partial charge in [0.05, 0.1) is 18.3 Å². The third kappa shape index (κ3) is 5.01. The molecule has 0 aliphatic carbocycles. The summed E-state index contributed by atoms with van der Waals surface area (Å²) in [4.78, 5) is 22.5. The van der Waals surface area contributed by atoms with E-state index in [0.29, 0.717) is 0 Å². The molecular weight excluding hydrogens is 288 g/mol. The second-order valence-electron chi connectivity index (χ2n) is 4.85. The molecule has 0 saturated heterocycles. The number of nitrogen functional groups attached to an aromatic ring is 1. The maximum Gasteiger partial charge on any atom is 0.338 e. The van der Waals surface area contributed by atoms with Crippen LogP contribution in [0.2, 0.25) is 0 Å². The molecule has 0 heterocycles. The topological polar surface area (TPSA) is 122 Å². The molecule has 1 aromatic rings. The first-order valence-electron chi connectivity index (χ1n) is 7.04. The second-order valence-corrected chi connectivity index (χ2v) is 4.85. The second kappa shape index (κ2) is 8.35. The van der Waals surface area contributed by atoms with Crippen LogP contribution in [-0.4, -0.2) is 41.3 Å². The van der Waals surface area contributed by atoms with Gasteiger partial charge >= 0.3 is 5.97 Å². The number of hydrogen-bond acceptors (Lipinski definition) is 6. The summed E-state index contributed by atoms with van der Waals surface area (Å²) < 4.78 is 4.88. The highest BCUT2D eigenvalue weighted by molar-refractivity contribution is 5.90. The van der Waals surface area contributed by atoms with Crippen molar-refractivity contribution in [3.8, 4) is 0 Å². The molecule has 0 bridgehead atoms. The molecular formula is C15H22N2O5. The van der Waals surface area contributed by atoms with Gasteiger partial charge in [0.1, 0.15) is 6.10 Å². The molecule has 1 amide bonds. The predicted octanol–water partition coefficient (Wildman–Crippen LogP) is 0.366. The summed E-state index contributed by atoms with van der Waals surface area (Å²) in [5.41, 5.74) is 6.55. The first-order chi connectivity index (χ1) is 10.4. The molecule has 7 nitrogen and oxygen atoms in total. The Balaban J connectivity index is 2.82. The highest BCUT2D eigenvalue weighted by Gasteiger charge is 2.22. The zero-order chi connectivity index (χ0) is 16.7. The molecule has 0 saturated carbocycles. The van der Waals surface area contributed by atoms with Gasteiger partial charge in [-0.3, -0.25) is 4.79 Å². The third-order valence-corrected chi connectivity index (χ3v) is 3.10. The fraction of sp³-hybridized carbons (Fsp3) is 0.467. The number of nitrogens with one attached hydrogen (secondary N) is 1. The number of nitrogens with two attached hydrogens (primary N) is 1. The number of benzene rings is 1. The lowest BCUT2D eigenvalue weighted by Crippen LogP contribution is -2.28. The maximum absolute atomic E-state index is 11.7. The van der Waals surface area contributed by atoms with Gasteiger partial charge in [0, 0.05) is 24.7 Å². The molecule has 0 spiro atoms. The average Bonchev–Trinajstić information content (AvgIpc) is 2.46. The zero-order valence-corrected chi connectivity index (χ0v) is 12.7. The first-order valence-corrected chi connectivity index (χ1v) is 7.04. The van der Waals surface area contributed by atoms with Crippen molar-refractivity contribution in [3.63, 3.8) is 0 Å². The summed E-state index contributed by atoms with van der Waals surface area (Å²) in [6.07, 6.45) is -2.22. The van der Waals surface area contributed by atoms with E-state index < -0.39 is 18.2 Å². The third-order valence-electron chi connectivity index (χ3n) is 3.10. The van der Waals surface area contributed by atoms with Gasteiger partial charge in [0.2, 0.25) is 5.91 Å². The maximum atomic E-state index is 11.7. The van der Waals surface area contributed by atoms with Crippen molar-refractivity contribution < 1.29 is 24.5 Å². The predicted molar refractivity (Wildman–Crippen MR) is 81.1 cm³/mol. The normalized spacial score (nSPS) is 13.3. The highest BCUT2D eigenvalue weighted by atomic mass is 16.5. The number of carbonyl (C=O) groups excluding carboxylic acids is 2. The van der Waals surface area contributed by atoms with Gasteiger partial charge in [-0.2, -0.15) is 0 Å². The van der Waals surface area contributed by atoms with Crippen LogP contribution in [-0.2, 0) is 9.53 Å². The smallest absolute Gasteiger partial charge is 0.338 e. The minimum Gasteiger partial charge on any atom is -0.462 e. The van der Waals surface area contributed by atoms with E-state index in [1.165, 1.54) is 25.1 Å². The van der Waals surface area contributed by atoms with Gasteiger partial charge in [-0.1, -0.05) is 0 Å². The van der Waals surface area contributed by atoms with Crippen LogP contribution >= 0.6 is 0 Å². The van der Waals surface area contributed by atoms with Crippen molar-refractivity contribution in [2.75, 3.05) is 18.9 Å². The van der Waals surface area contributed by atoms with Gasteiger partial charge in [0.15, 0.2) is 0 Å². The van der Waals surface area contributed by atoms with Gasteiger partial charge in [-0.05, 0) is 31.5 Å². The van der Waals surface area contributed by atoms with Gasteiger partial charge in [0.25, 0.3) is 0 Å². The Morgan fingerprint density at radius 1 is 1.36 bits per heavy atom. The summed E-state index contributed by atoms with van der Waals surface area (Å²) in [5, 5.41) is 22.7. The Kier molecular flexibility index (Phi) is 6.81. The molecule has 0 radical (unpaired) electrons. The van der Waals surface area contributed by atoms with Crippen molar-refractivity contribution in [1.29, 1.82) is 0 Å². The molecule has 0 aliphatic heterocycles. The summed E-state index contributed by atoms with van der Waals surface area (Å²) in [5.74, 6) is -0.741. The van der Waals surface area contributed by atoms with Crippen LogP contribution in [0.1, 0.15) is 42.3 Å². The monoisotopic (exact) mass is 310 g/mol. The summed E-state index contributed by atoms with van der Waals surface area (Å²) in [7, 11) is 0. The quantitative estimate of drug-likeness (QED) is 0.426. The zero-order valence-electron chi connectivity index (χ0n) is 12.7. The van der Waals surface area contributed by atoms with E-state index in [1.54, 1.807) is 6.92 Å². The number of esters is 1. The van der Waals surface area contributed by atoms with E-state index in [-0.39, 0.29) is 42.3 Å². The van der Waals surface area contributed by atoms with Gasteiger partial charge in [-0.25, -0.2) is 4.79 Å². The number of hydrogen-bond donors (Lipinski definition) is 4. The van der Waals surface area contributed by atoms with Crippen LogP contribution in [0, 0.1) is 0 Å². The number of aliphatic hydroxyl groups excluding tert-OH is 2. The fourth-order valence-corrected chi connectivity index (χ4v) is 1.93. The molecule has 122 valence electrons. The van der Waals surface area contributed by atoms with E-state index in [1.807, 2.05) is 0 Å². The fourth-order valence-electron chi connectivity index (χ4n) is 1.93. The molecule has 2 atom stereocenters. The number of amides is 1. The summed E-state index contributed by atoms with van der Waals surface area (Å²) in [6.45, 7) is 3.52. The minimum absolute atomic E-state index is 0.157. The van der Waals surface area contributed by atoms with Gasteiger partial charge in [-0.15, -0.1) is 0 Å². The van der Waals surface area contributed by atoms with Crippen LogP contribution < -0.4 is 11.1 Å². The lowest BCUT2D eigenvalue weighted by atomic mass is 9.98. The summed E-state index contributed by atoms with van der Waals surface area (Å²) in [6, 6.07) is 4.37. The largest absolute Gasteiger partial charge is 0.462 e. The molecule has 0 fully saturated rings. The standard InChI is InChI=1S/C15H22N2O5/c1-3-22-15(21)10-4-5-12(16)11(8-10)14(20)13(19)6-7-17-9(2)18/h4-5,8,13-14,19-20H,3,6-7,16H2,1-2H3,(H,17,18). The molecule has 0 aromatic heterocycles. The molecule has 1 aromatic carbocycles. The Hall–Kier alpha value is -2.12. The van der Waals surface area contributed by atoms with Gasteiger partial charge < -0.3 is 26.0 Å². The van der Waals surface area contributed by atoms with Crippen molar-refractivity contribution in [2.24, 2.45) is 0 Å². The van der Waals surface area contributed by atoms with E-state index in [9.17, 15) is 19.8 Å². The minimum atomic E-state index is -1.26. The van der Waals surface area contributed by atoms with Crippen LogP contribution in [0.25, 0.3) is 0 Å². The van der Waals surface area contributed by atoms with Crippen molar-refractivity contribution in [3.05, 3.63) is 29.3 Å². The number of aliphatic hydroxyl groups is 2.